The van der Waals surface area contributed by atoms with E-state index in [1.807, 2.05) is 32.0 Å². The minimum atomic E-state index is -0.383. The van der Waals surface area contributed by atoms with Gasteiger partial charge in [0, 0.05) is 25.2 Å². The molecule has 0 atom stereocenters. The van der Waals surface area contributed by atoms with Gasteiger partial charge in [0.2, 0.25) is 0 Å². The van der Waals surface area contributed by atoms with Gasteiger partial charge in [0.15, 0.2) is 23.0 Å². The molecule has 29 heavy (non-hydrogen) atoms. The minimum Gasteiger partial charge on any atom is -0.453 e. The van der Waals surface area contributed by atoms with Crippen molar-refractivity contribution in [2.75, 3.05) is 11.4 Å². The van der Waals surface area contributed by atoms with Gasteiger partial charge < -0.3 is 9.64 Å². The van der Waals surface area contributed by atoms with Crippen LogP contribution in [0.25, 0.3) is 5.65 Å². The van der Waals surface area contributed by atoms with E-state index in [4.69, 9.17) is 4.74 Å². The highest BCUT2D eigenvalue weighted by atomic mass is 19.1. The second-order valence-corrected chi connectivity index (χ2v) is 7.27. The third-order valence-corrected chi connectivity index (χ3v) is 5.09. The molecule has 8 heteroatoms. The lowest BCUT2D eigenvalue weighted by atomic mass is 10.1. The Bertz CT molecular complexity index is 1220. The van der Waals surface area contributed by atoms with Crippen molar-refractivity contribution in [2.24, 2.45) is 0 Å². The SMILES string of the molecule is Cc1ccc(Oc2cnc3c(c2)CN(c2nn4cnnc4cc2C)CC3)c(F)c1. The highest BCUT2D eigenvalue weighted by molar-refractivity contribution is 5.53. The minimum absolute atomic E-state index is 0.195. The summed E-state index contributed by atoms with van der Waals surface area (Å²) in [6.45, 7) is 5.32. The molecule has 0 fully saturated rings. The number of hydrogen-bond acceptors (Lipinski definition) is 6. The Morgan fingerprint density at radius 3 is 2.90 bits per heavy atom. The van der Waals surface area contributed by atoms with Crippen LogP contribution in [0.1, 0.15) is 22.4 Å². The molecule has 0 radical (unpaired) electrons. The van der Waals surface area contributed by atoms with Crippen molar-refractivity contribution in [3.05, 3.63) is 71.1 Å². The lowest BCUT2D eigenvalue weighted by Gasteiger charge is -2.30. The van der Waals surface area contributed by atoms with Crippen molar-refractivity contribution < 1.29 is 9.13 Å². The molecule has 1 aliphatic rings. The predicted octanol–water partition coefficient (Wildman–Crippen LogP) is 3.63. The van der Waals surface area contributed by atoms with Gasteiger partial charge in [-0.05, 0) is 54.8 Å². The maximum Gasteiger partial charge on any atom is 0.177 e. The fourth-order valence-corrected chi connectivity index (χ4v) is 3.62. The summed E-state index contributed by atoms with van der Waals surface area (Å²) < 4.78 is 21.6. The van der Waals surface area contributed by atoms with Crippen molar-refractivity contribution in [1.82, 2.24) is 24.8 Å². The molecule has 0 spiro atoms. The number of pyridine rings is 1. The van der Waals surface area contributed by atoms with E-state index < -0.39 is 0 Å². The molecule has 1 aliphatic heterocycles. The molecule has 7 nitrogen and oxygen atoms in total. The Balaban J connectivity index is 1.43. The normalized spacial score (nSPS) is 13.6. The van der Waals surface area contributed by atoms with Crippen molar-refractivity contribution in [1.29, 1.82) is 0 Å². The molecule has 0 unspecified atom stereocenters. The van der Waals surface area contributed by atoms with Crippen LogP contribution in [0.4, 0.5) is 10.2 Å². The van der Waals surface area contributed by atoms with E-state index in [1.54, 1.807) is 23.1 Å². The van der Waals surface area contributed by atoms with E-state index in [2.05, 4.69) is 25.2 Å². The van der Waals surface area contributed by atoms with Gasteiger partial charge in [-0.25, -0.2) is 4.39 Å². The fraction of sp³-hybridized carbons (Fsp3) is 0.238. The number of aryl methyl sites for hydroxylation is 2. The highest BCUT2D eigenvalue weighted by Crippen LogP contribution is 2.30. The van der Waals surface area contributed by atoms with Crippen LogP contribution in [-0.4, -0.2) is 31.3 Å². The van der Waals surface area contributed by atoms with Crippen molar-refractivity contribution >= 4 is 11.5 Å². The zero-order chi connectivity index (χ0) is 20.0. The van der Waals surface area contributed by atoms with Gasteiger partial charge in [0.1, 0.15) is 12.1 Å². The fourth-order valence-electron chi connectivity index (χ4n) is 3.62. The molecule has 0 bridgehead atoms. The maximum absolute atomic E-state index is 14.1. The number of aromatic nitrogens is 5. The van der Waals surface area contributed by atoms with E-state index in [1.165, 1.54) is 6.07 Å². The summed E-state index contributed by atoms with van der Waals surface area (Å²) in [5.41, 5.74) is 4.69. The lowest BCUT2D eigenvalue weighted by Crippen LogP contribution is -2.32. The van der Waals surface area contributed by atoms with Crippen molar-refractivity contribution in [2.45, 2.75) is 26.8 Å². The van der Waals surface area contributed by atoms with Crippen molar-refractivity contribution in [3.63, 3.8) is 0 Å². The van der Waals surface area contributed by atoms with E-state index >= 15 is 0 Å². The Kier molecular flexibility index (Phi) is 4.12. The average Bonchev–Trinajstić information content (AvgIpc) is 3.16. The molecule has 3 aromatic heterocycles. The summed E-state index contributed by atoms with van der Waals surface area (Å²) in [5.74, 6) is 1.22. The van der Waals surface area contributed by atoms with E-state index in [-0.39, 0.29) is 11.6 Å². The molecule has 1 aromatic carbocycles. The number of fused-ring (bicyclic) bond motifs is 2. The summed E-state index contributed by atoms with van der Waals surface area (Å²) in [5, 5.41) is 12.6. The number of nitrogens with zero attached hydrogens (tertiary/aromatic N) is 6. The Hall–Kier alpha value is -3.55. The number of rotatable bonds is 3. The zero-order valence-electron chi connectivity index (χ0n) is 16.1. The van der Waals surface area contributed by atoms with Gasteiger partial charge in [-0.2, -0.15) is 4.52 Å². The Labute approximate surface area is 166 Å². The van der Waals surface area contributed by atoms with Gasteiger partial charge >= 0.3 is 0 Å². The molecule has 0 saturated heterocycles. The van der Waals surface area contributed by atoms with Crippen LogP contribution in [0.2, 0.25) is 0 Å². The second kappa shape index (κ2) is 6.80. The highest BCUT2D eigenvalue weighted by Gasteiger charge is 2.21. The summed E-state index contributed by atoms with van der Waals surface area (Å²) >= 11 is 0. The standard InChI is InChI=1S/C21H19FN6O/c1-13-3-4-19(17(22)7-13)29-16-9-15-11-27(6-5-18(15)23-10-16)21-14(2)8-20-25-24-12-28(20)26-21/h3-4,7-10,12H,5-6,11H2,1-2H3. The second-order valence-electron chi connectivity index (χ2n) is 7.27. The predicted molar refractivity (Wildman–Crippen MR) is 106 cm³/mol. The van der Waals surface area contributed by atoms with Crippen LogP contribution in [0.3, 0.4) is 0 Å². The third-order valence-electron chi connectivity index (χ3n) is 5.09. The molecule has 0 aliphatic carbocycles. The van der Waals surface area contributed by atoms with Gasteiger partial charge in [-0.1, -0.05) is 6.07 Å². The Morgan fingerprint density at radius 1 is 1.14 bits per heavy atom. The molecule has 4 aromatic rings. The van der Waals surface area contributed by atoms with Crippen LogP contribution >= 0.6 is 0 Å². The number of halogens is 1. The van der Waals surface area contributed by atoms with Gasteiger partial charge in [0.25, 0.3) is 0 Å². The van der Waals surface area contributed by atoms with Crippen molar-refractivity contribution in [3.8, 4) is 11.5 Å². The molecule has 0 saturated carbocycles. The topological polar surface area (TPSA) is 68.4 Å². The largest absolute Gasteiger partial charge is 0.453 e. The molecule has 0 amide bonds. The van der Waals surface area contributed by atoms with E-state index in [0.29, 0.717) is 12.3 Å². The summed E-state index contributed by atoms with van der Waals surface area (Å²) in [4.78, 5) is 6.74. The van der Waals surface area contributed by atoms with Gasteiger partial charge in [0.05, 0.1) is 6.20 Å². The number of ether oxygens (including phenoxy) is 1. The molecular formula is C21H19FN6O. The van der Waals surface area contributed by atoms with Gasteiger partial charge in [-0.15, -0.1) is 15.3 Å². The third kappa shape index (κ3) is 3.26. The first-order valence-electron chi connectivity index (χ1n) is 9.41. The average molecular weight is 390 g/mol. The van der Waals surface area contributed by atoms with Crippen LogP contribution in [0, 0.1) is 19.7 Å². The van der Waals surface area contributed by atoms with Crippen LogP contribution < -0.4 is 9.64 Å². The molecule has 5 rings (SSSR count). The van der Waals surface area contributed by atoms with Crippen LogP contribution in [0.5, 0.6) is 11.5 Å². The first kappa shape index (κ1) is 17.5. The summed E-state index contributed by atoms with van der Waals surface area (Å²) in [6, 6.07) is 8.82. The molecule has 146 valence electrons. The summed E-state index contributed by atoms with van der Waals surface area (Å²) in [6.07, 6.45) is 4.05. The Morgan fingerprint density at radius 2 is 2.03 bits per heavy atom. The molecule has 0 N–H and O–H groups in total. The monoisotopic (exact) mass is 390 g/mol. The van der Waals surface area contributed by atoms with Crippen LogP contribution in [0.15, 0.2) is 42.9 Å². The first-order valence-corrected chi connectivity index (χ1v) is 9.41. The smallest absolute Gasteiger partial charge is 0.177 e. The number of benzene rings is 1. The van der Waals surface area contributed by atoms with E-state index in [9.17, 15) is 4.39 Å². The summed E-state index contributed by atoms with van der Waals surface area (Å²) in [7, 11) is 0. The van der Waals surface area contributed by atoms with E-state index in [0.717, 1.165) is 46.8 Å². The molecule has 4 heterocycles. The quantitative estimate of drug-likeness (QED) is 0.532. The lowest BCUT2D eigenvalue weighted by molar-refractivity contribution is 0.438. The molecular weight excluding hydrogens is 371 g/mol. The first-order chi connectivity index (χ1) is 14.1. The van der Waals surface area contributed by atoms with Gasteiger partial charge in [-0.3, -0.25) is 4.98 Å². The zero-order valence-corrected chi connectivity index (χ0v) is 16.1. The number of anilines is 1. The maximum atomic E-state index is 14.1. The number of hydrogen-bond donors (Lipinski definition) is 0. The van der Waals surface area contributed by atoms with Crippen LogP contribution in [-0.2, 0) is 13.0 Å².